The maximum absolute atomic E-state index is 12.0. The number of carbonyl (C=O) groups excluding carboxylic acids is 2. The summed E-state index contributed by atoms with van der Waals surface area (Å²) in [5.74, 6) is -0.754. The molecule has 20 heavy (non-hydrogen) atoms. The van der Waals surface area contributed by atoms with Crippen molar-refractivity contribution in [2.45, 2.75) is 13.8 Å². The van der Waals surface area contributed by atoms with Gasteiger partial charge >= 0.3 is 11.8 Å². The molecule has 0 aliphatic carbocycles. The largest absolute Gasteiger partial charge is 0.495 e. The van der Waals surface area contributed by atoms with Crippen LogP contribution < -0.4 is 10.1 Å². The van der Waals surface area contributed by atoms with Crippen molar-refractivity contribution in [2.75, 3.05) is 25.5 Å². The molecule has 1 aromatic rings. The molecule has 5 nitrogen and oxygen atoms in total. The molecule has 1 rings (SSSR count). The van der Waals surface area contributed by atoms with E-state index in [1.165, 1.54) is 12.0 Å². The Labute approximate surface area is 119 Å². The van der Waals surface area contributed by atoms with Crippen LogP contribution in [0.2, 0.25) is 0 Å². The smallest absolute Gasteiger partial charge is 0.314 e. The lowest BCUT2D eigenvalue weighted by Crippen LogP contribution is -2.40. The van der Waals surface area contributed by atoms with Crippen molar-refractivity contribution >= 4 is 17.5 Å². The number of rotatable bonds is 5. The Bertz CT molecular complexity index is 512. The summed E-state index contributed by atoms with van der Waals surface area (Å²) in [5, 5.41) is 2.56. The summed E-state index contributed by atoms with van der Waals surface area (Å²) in [7, 11) is 1.51. The van der Waals surface area contributed by atoms with Crippen molar-refractivity contribution in [3.8, 4) is 5.75 Å². The number of nitrogens with one attached hydrogen (secondary N) is 1. The fraction of sp³-hybridized carbons (Fsp3) is 0.333. The molecule has 0 aromatic heterocycles. The molecule has 5 heteroatoms. The third kappa shape index (κ3) is 4.12. The highest BCUT2D eigenvalue weighted by molar-refractivity contribution is 6.39. The molecule has 0 saturated carbocycles. The first-order valence-corrected chi connectivity index (χ1v) is 6.37. The van der Waals surface area contributed by atoms with Crippen LogP contribution in [0.3, 0.4) is 0 Å². The van der Waals surface area contributed by atoms with Crippen molar-refractivity contribution < 1.29 is 14.3 Å². The Morgan fingerprint density at radius 3 is 2.55 bits per heavy atom. The minimum absolute atomic E-state index is 0.370. The summed E-state index contributed by atoms with van der Waals surface area (Å²) in [5.41, 5.74) is 1.30. The van der Waals surface area contributed by atoms with E-state index in [0.717, 1.165) is 5.57 Å². The van der Waals surface area contributed by atoms with Gasteiger partial charge < -0.3 is 15.0 Å². The van der Waals surface area contributed by atoms with Crippen molar-refractivity contribution in [2.24, 2.45) is 0 Å². The van der Waals surface area contributed by atoms with Gasteiger partial charge in [-0.05, 0) is 26.0 Å². The van der Waals surface area contributed by atoms with Crippen LogP contribution in [0.5, 0.6) is 5.75 Å². The third-order valence-corrected chi connectivity index (χ3v) is 2.68. The van der Waals surface area contributed by atoms with Crippen LogP contribution in [-0.2, 0) is 9.59 Å². The highest BCUT2D eigenvalue weighted by atomic mass is 16.5. The van der Waals surface area contributed by atoms with E-state index in [4.69, 9.17) is 4.74 Å². The molecule has 108 valence electrons. The molecule has 0 unspecified atom stereocenters. The molecule has 0 heterocycles. The highest BCUT2D eigenvalue weighted by Crippen LogP contribution is 2.22. The Morgan fingerprint density at radius 1 is 1.35 bits per heavy atom. The fourth-order valence-corrected chi connectivity index (χ4v) is 1.72. The molecule has 0 fully saturated rings. The van der Waals surface area contributed by atoms with E-state index in [1.54, 1.807) is 24.3 Å². The Kier molecular flexibility index (Phi) is 5.77. The topological polar surface area (TPSA) is 58.6 Å². The monoisotopic (exact) mass is 276 g/mol. The van der Waals surface area contributed by atoms with Gasteiger partial charge in [-0.25, -0.2) is 0 Å². The molecular weight excluding hydrogens is 256 g/mol. The third-order valence-electron chi connectivity index (χ3n) is 2.68. The van der Waals surface area contributed by atoms with E-state index < -0.39 is 11.8 Å². The van der Waals surface area contributed by atoms with Gasteiger partial charge in [0.05, 0.1) is 12.8 Å². The van der Waals surface area contributed by atoms with Crippen molar-refractivity contribution in [1.82, 2.24) is 4.90 Å². The SMILES string of the molecule is C=C(C)CN(CC)C(=O)C(=O)Nc1ccccc1OC. The van der Waals surface area contributed by atoms with Crippen LogP contribution in [0.4, 0.5) is 5.69 Å². The van der Waals surface area contributed by atoms with Gasteiger partial charge in [-0.2, -0.15) is 0 Å². The number of anilines is 1. The fourth-order valence-electron chi connectivity index (χ4n) is 1.72. The van der Waals surface area contributed by atoms with Crippen LogP contribution in [0.15, 0.2) is 36.4 Å². The minimum Gasteiger partial charge on any atom is -0.495 e. The number of para-hydroxylation sites is 2. The number of hydrogen-bond donors (Lipinski definition) is 1. The molecule has 0 aliphatic heterocycles. The zero-order valence-corrected chi connectivity index (χ0v) is 12.1. The maximum atomic E-state index is 12.0. The number of carbonyl (C=O) groups is 2. The average molecular weight is 276 g/mol. The van der Waals surface area contributed by atoms with E-state index in [0.29, 0.717) is 24.5 Å². The highest BCUT2D eigenvalue weighted by Gasteiger charge is 2.21. The van der Waals surface area contributed by atoms with Crippen molar-refractivity contribution in [3.63, 3.8) is 0 Å². The zero-order valence-electron chi connectivity index (χ0n) is 12.1. The Balaban J connectivity index is 2.79. The van der Waals surface area contributed by atoms with Gasteiger partial charge in [-0.3, -0.25) is 9.59 Å². The molecule has 0 radical (unpaired) electrons. The first-order chi connectivity index (χ1) is 9.49. The molecule has 0 saturated heterocycles. The maximum Gasteiger partial charge on any atom is 0.314 e. The molecule has 1 aromatic carbocycles. The lowest BCUT2D eigenvalue weighted by molar-refractivity contribution is -0.142. The number of methoxy groups -OCH3 is 1. The molecule has 2 amide bonds. The lowest BCUT2D eigenvalue weighted by atomic mass is 10.2. The van der Waals surface area contributed by atoms with Crippen molar-refractivity contribution in [1.29, 1.82) is 0 Å². The molecule has 0 spiro atoms. The summed E-state index contributed by atoms with van der Waals surface area (Å²) < 4.78 is 5.12. The minimum atomic E-state index is -0.683. The van der Waals surface area contributed by atoms with Gasteiger partial charge in [0.2, 0.25) is 0 Å². The van der Waals surface area contributed by atoms with E-state index in [-0.39, 0.29) is 0 Å². The van der Waals surface area contributed by atoms with Crippen LogP contribution in [0, 0.1) is 0 Å². The van der Waals surface area contributed by atoms with Gasteiger partial charge in [0.25, 0.3) is 0 Å². The quantitative estimate of drug-likeness (QED) is 0.661. The zero-order chi connectivity index (χ0) is 15.1. The molecule has 0 bridgehead atoms. The summed E-state index contributed by atoms with van der Waals surface area (Å²) in [6.07, 6.45) is 0. The summed E-state index contributed by atoms with van der Waals surface area (Å²) >= 11 is 0. The summed E-state index contributed by atoms with van der Waals surface area (Å²) in [6, 6.07) is 6.94. The van der Waals surface area contributed by atoms with Crippen LogP contribution >= 0.6 is 0 Å². The van der Waals surface area contributed by atoms with Crippen molar-refractivity contribution in [3.05, 3.63) is 36.4 Å². The number of hydrogen-bond acceptors (Lipinski definition) is 3. The van der Waals surface area contributed by atoms with Gasteiger partial charge in [-0.1, -0.05) is 24.3 Å². The molecular formula is C15H20N2O3. The predicted octanol–water partition coefficient (Wildman–Crippen LogP) is 2.06. The first-order valence-electron chi connectivity index (χ1n) is 6.37. The number of ether oxygens (including phenoxy) is 1. The van der Waals surface area contributed by atoms with E-state index >= 15 is 0 Å². The van der Waals surface area contributed by atoms with Crippen LogP contribution in [-0.4, -0.2) is 36.9 Å². The molecule has 0 aliphatic rings. The number of amides is 2. The van der Waals surface area contributed by atoms with E-state index in [1.807, 2.05) is 13.8 Å². The van der Waals surface area contributed by atoms with Gasteiger partial charge in [-0.15, -0.1) is 0 Å². The molecule has 0 atom stereocenters. The Hall–Kier alpha value is -2.30. The second-order valence-corrected chi connectivity index (χ2v) is 4.43. The summed E-state index contributed by atoms with van der Waals surface area (Å²) in [4.78, 5) is 25.5. The second-order valence-electron chi connectivity index (χ2n) is 4.43. The van der Waals surface area contributed by atoms with Crippen LogP contribution in [0.1, 0.15) is 13.8 Å². The summed E-state index contributed by atoms with van der Waals surface area (Å²) in [6.45, 7) is 8.20. The lowest BCUT2D eigenvalue weighted by Gasteiger charge is -2.20. The normalized spacial score (nSPS) is 9.75. The predicted molar refractivity (Wildman–Crippen MR) is 78.7 cm³/mol. The number of nitrogens with zero attached hydrogens (tertiary/aromatic N) is 1. The number of benzene rings is 1. The van der Waals surface area contributed by atoms with Gasteiger partial charge in [0.1, 0.15) is 5.75 Å². The first kappa shape index (κ1) is 15.8. The van der Waals surface area contributed by atoms with Gasteiger partial charge in [0.15, 0.2) is 0 Å². The average Bonchev–Trinajstić information content (AvgIpc) is 2.44. The van der Waals surface area contributed by atoms with Gasteiger partial charge in [0, 0.05) is 13.1 Å². The number of likely N-dealkylation sites (N-methyl/N-ethyl adjacent to an activating group) is 1. The van der Waals surface area contributed by atoms with E-state index in [9.17, 15) is 9.59 Å². The molecule has 1 N–H and O–H groups in total. The Morgan fingerprint density at radius 2 is 2.00 bits per heavy atom. The van der Waals surface area contributed by atoms with Crippen LogP contribution in [0.25, 0.3) is 0 Å². The second kappa shape index (κ2) is 7.33. The van der Waals surface area contributed by atoms with E-state index in [2.05, 4.69) is 11.9 Å². The standard InChI is InChI=1S/C15H20N2O3/c1-5-17(10-11(2)3)15(19)14(18)16-12-8-6-7-9-13(12)20-4/h6-9H,2,5,10H2,1,3-4H3,(H,16,18).